The molecule has 13 heteroatoms. The Kier molecular flexibility index (Phi) is 15.3. The van der Waals surface area contributed by atoms with E-state index in [1.165, 1.54) is 11.3 Å². The number of carboxylic acids is 1. The summed E-state index contributed by atoms with van der Waals surface area (Å²) in [6, 6.07) is 12.0. The van der Waals surface area contributed by atoms with Gasteiger partial charge < -0.3 is 25.4 Å². The second kappa shape index (κ2) is 17.4. The van der Waals surface area contributed by atoms with Crippen molar-refractivity contribution in [2.45, 2.75) is 91.7 Å². The molecule has 262 valence electrons. The molecule has 0 unspecified atom stereocenters. The van der Waals surface area contributed by atoms with Gasteiger partial charge in [-0.05, 0) is 42.3 Å². The zero-order chi connectivity index (χ0) is 36.3. The van der Waals surface area contributed by atoms with Gasteiger partial charge in [0, 0.05) is 22.9 Å². The lowest BCUT2D eigenvalue weighted by Gasteiger charge is -2.40. The Hall–Kier alpha value is -3.71. The predicted octanol–water partition coefficient (Wildman–Crippen LogP) is 5.95. The van der Waals surface area contributed by atoms with Gasteiger partial charge in [-0.2, -0.15) is 13.2 Å². The minimum Gasteiger partial charge on any atom is -0.475 e. The largest absolute Gasteiger partial charge is 0.490 e. The summed E-state index contributed by atoms with van der Waals surface area (Å²) < 4.78 is 37.2. The van der Waals surface area contributed by atoms with Crippen molar-refractivity contribution in [2.75, 3.05) is 14.1 Å². The van der Waals surface area contributed by atoms with Gasteiger partial charge in [0.15, 0.2) is 0 Å². The molecule has 1 heterocycles. The van der Waals surface area contributed by atoms with Crippen molar-refractivity contribution < 1.29 is 42.2 Å². The van der Waals surface area contributed by atoms with Crippen molar-refractivity contribution in [3.8, 4) is 0 Å². The molecule has 1 aromatic carbocycles. The highest BCUT2D eigenvalue weighted by Gasteiger charge is 2.42. The second-order valence-electron chi connectivity index (χ2n) is 13.1. The van der Waals surface area contributed by atoms with E-state index in [-0.39, 0.29) is 30.4 Å². The molecule has 0 aliphatic carbocycles. The van der Waals surface area contributed by atoms with E-state index in [1.54, 1.807) is 32.0 Å². The molecule has 0 radical (unpaired) electrons. The van der Waals surface area contributed by atoms with Crippen molar-refractivity contribution in [2.24, 2.45) is 11.3 Å². The van der Waals surface area contributed by atoms with Crippen molar-refractivity contribution in [1.29, 1.82) is 0 Å². The summed E-state index contributed by atoms with van der Waals surface area (Å²) >= 11 is 1.53. The van der Waals surface area contributed by atoms with Crippen LogP contribution >= 0.6 is 11.3 Å². The Bertz CT molecular complexity index is 1350. The van der Waals surface area contributed by atoms with Gasteiger partial charge in [0.05, 0.1) is 12.1 Å². The first-order chi connectivity index (χ1) is 21.5. The minimum absolute atomic E-state index is 0.0207. The molecule has 0 spiro atoms. The first kappa shape index (κ1) is 41.3. The summed E-state index contributed by atoms with van der Waals surface area (Å²) in [5.74, 6) is -3.62. The summed E-state index contributed by atoms with van der Waals surface area (Å²) in [6.45, 7) is 15.8. The standard InChI is InChI=1S/C32H47N3O4S.C2HF3O2/c1-21(2)25(19-22(3)30(38)39-20-24-17-14-18-40-24)35(10)29(37)27(31(4,5)6)34-28(36)26(33-9)32(7,8)23-15-12-11-13-16-23;3-2(4,5)1(6)7/h11-19,21,25-27,33H,20H2,1-10H3,(H,34,36);(H,6,7)/b22-19+;/t25-,26-,27-;/m1./s1. The third kappa shape index (κ3) is 12.4. The number of ether oxygens (including phenoxy) is 1. The second-order valence-corrected chi connectivity index (χ2v) is 14.1. The molecule has 0 aliphatic rings. The highest BCUT2D eigenvalue weighted by Crippen LogP contribution is 2.29. The Morgan fingerprint density at radius 1 is 0.979 bits per heavy atom. The van der Waals surface area contributed by atoms with Gasteiger partial charge in [-0.3, -0.25) is 9.59 Å². The van der Waals surface area contributed by atoms with Crippen LogP contribution < -0.4 is 10.6 Å². The molecule has 3 atom stereocenters. The molecule has 47 heavy (non-hydrogen) atoms. The van der Waals surface area contributed by atoms with E-state index in [9.17, 15) is 27.6 Å². The van der Waals surface area contributed by atoms with E-state index in [0.29, 0.717) is 5.57 Å². The van der Waals surface area contributed by atoms with Gasteiger partial charge >= 0.3 is 18.1 Å². The van der Waals surface area contributed by atoms with Gasteiger partial charge in [0.1, 0.15) is 12.6 Å². The number of carbonyl (C=O) groups excluding carboxylic acids is 3. The highest BCUT2D eigenvalue weighted by molar-refractivity contribution is 7.09. The zero-order valence-electron chi connectivity index (χ0n) is 28.7. The Balaban J connectivity index is 0.00000141. The van der Waals surface area contributed by atoms with Gasteiger partial charge in [0.2, 0.25) is 11.8 Å². The third-order valence-electron chi connectivity index (χ3n) is 7.58. The van der Waals surface area contributed by atoms with Crippen LogP contribution in [0.1, 0.15) is 65.8 Å². The average Bonchev–Trinajstić information content (AvgIpc) is 3.50. The lowest BCUT2D eigenvalue weighted by molar-refractivity contribution is -0.192. The smallest absolute Gasteiger partial charge is 0.475 e. The fourth-order valence-electron chi connectivity index (χ4n) is 4.80. The molecule has 1 aromatic heterocycles. The van der Waals surface area contributed by atoms with Crippen molar-refractivity contribution in [3.05, 3.63) is 69.9 Å². The molecule has 2 aromatic rings. The fraction of sp³-hybridized carbons (Fsp3) is 0.529. The summed E-state index contributed by atoms with van der Waals surface area (Å²) in [4.78, 5) is 51.9. The first-order valence-corrected chi connectivity index (χ1v) is 15.9. The predicted molar refractivity (Wildman–Crippen MR) is 177 cm³/mol. The molecule has 2 rings (SSSR count). The van der Waals surface area contributed by atoms with Crippen LogP contribution in [0.3, 0.4) is 0 Å². The van der Waals surface area contributed by atoms with E-state index in [4.69, 9.17) is 14.6 Å². The van der Waals surface area contributed by atoms with E-state index in [2.05, 4.69) is 10.6 Å². The lowest BCUT2D eigenvalue weighted by Crippen LogP contribution is -2.61. The number of rotatable bonds is 12. The van der Waals surface area contributed by atoms with Crippen LogP contribution in [0.5, 0.6) is 0 Å². The number of nitrogens with one attached hydrogen (secondary N) is 2. The summed E-state index contributed by atoms with van der Waals surface area (Å²) in [5, 5.41) is 15.3. The molecule has 3 N–H and O–H groups in total. The number of halogens is 3. The molecule has 0 bridgehead atoms. The molecular formula is C34H48F3N3O6S. The maximum absolute atomic E-state index is 14.0. The topological polar surface area (TPSA) is 125 Å². The highest BCUT2D eigenvalue weighted by atomic mass is 32.1. The van der Waals surface area contributed by atoms with E-state index < -0.39 is 41.0 Å². The zero-order valence-corrected chi connectivity index (χ0v) is 29.5. The van der Waals surface area contributed by atoms with E-state index >= 15 is 0 Å². The SMILES string of the molecule is CN[C@H](C(=O)N[C@H](C(=O)N(C)[C@H](/C=C(\C)C(=O)OCc1cccs1)C(C)C)C(C)(C)C)C(C)(C)c1ccccc1.O=C(O)C(F)(F)F. The number of alkyl halides is 3. The molecule has 2 amide bonds. The van der Waals surface area contributed by atoms with Crippen LogP contribution in [-0.4, -0.2) is 72.2 Å². The van der Waals surface area contributed by atoms with Crippen molar-refractivity contribution in [1.82, 2.24) is 15.5 Å². The maximum atomic E-state index is 14.0. The number of benzene rings is 1. The molecule has 0 fully saturated rings. The number of hydrogen-bond acceptors (Lipinski definition) is 7. The minimum atomic E-state index is -5.08. The van der Waals surface area contributed by atoms with Gasteiger partial charge in [-0.15, -0.1) is 11.3 Å². The van der Waals surface area contributed by atoms with Gasteiger partial charge in [0.25, 0.3) is 0 Å². The third-order valence-corrected chi connectivity index (χ3v) is 8.43. The van der Waals surface area contributed by atoms with E-state index in [0.717, 1.165) is 10.4 Å². The van der Waals surface area contributed by atoms with Gasteiger partial charge in [-0.25, -0.2) is 9.59 Å². The summed E-state index contributed by atoms with van der Waals surface area (Å²) in [6.07, 6.45) is -3.30. The van der Waals surface area contributed by atoms with Crippen molar-refractivity contribution in [3.63, 3.8) is 0 Å². The van der Waals surface area contributed by atoms with Crippen LogP contribution in [0.2, 0.25) is 0 Å². The van der Waals surface area contributed by atoms with Crippen LogP contribution in [0.15, 0.2) is 59.5 Å². The van der Waals surface area contributed by atoms with Crippen LogP contribution in [0, 0.1) is 11.3 Å². The Labute approximate surface area is 279 Å². The monoisotopic (exact) mass is 683 g/mol. The number of hydrogen-bond donors (Lipinski definition) is 3. The van der Waals surface area contributed by atoms with Gasteiger partial charge in [-0.1, -0.05) is 90.9 Å². The number of aliphatic carboxylic acids is 1. The fourth-order valence-corrected chi connectivity index (χ4v) is 5.42. The number of amides is 2. The quantitative estimate of drug-likeness (QED) is 0.187. The van der Waals surface area contributed by atoms with Crippen molar-refractivity contribution >= 4 is 35.1 Å². The number of carboxylic acid groups (broad SMARTS) is 1. The average molecular weight is 684 g/mol. The molecule has 0 saturated heterocycles. The maximum Gasteiger partial charge on any atom is 0.490 e. The molecule has 9 nitrogen and oxygen atoms in total. The lowest BCUT2D eigenvalue weighted by atomic mass is 9.76. The number of esters is 1. The molecular weight excluding hydrogens is 635 g/mol. The normalized spacial score (nSPS) is 14.3. The van der Waals surface area contributed by atoms with E-state index in [1.807, 2.05) is 96.3 Å². The summed E-state index contributed by atoms with van der Waals surface area (Å²) in [5.41, 5.74) is 0.370. The number of likely N-dealkylation sites (N-methyl/N-ethyl adjacent to an activating group) is 2. The first-order valence-electron chi connectivity index (χ1n) is 15.0. The number of thiophene rings is 1. The molecule has 0 saturated carbocycles. The van der Waals surface area contributed by atoms with Crippen LogP contribution in [-0.2, 0) is 35.9 Å². The molecule has 0 aliphatic heterocycles. The Morgan fingerprint density at radius 2 is 1.53 bits per heavy atom. The summed E-state index contributed by atoms with van der Waals surface area (Å²) in [7, 11) is 3.48. The Morgan fingerprint density at radius 3 is 1.96 bits per heavy atom. The number of nitrogens with zero attached hydrogens (tertiary/aromatic N) is 1. The number of carbonyl (C=O) groups is 4. The van der Waals surface area contributed by atoms with Crippen LogP contribution in [0.25, 0.3) is 0 Å². The van der Waals surface area contributed by atoms with Crippen LogP contribution in [0.4, 0.5) is 13.2 Å².